The maximum absolute atomic E-state index is 12.0. The average Bonchev–Trinajstić information content (AvgIpc) is 2.80. The molecule has 100 valence electrons. The van der Waals surface area contributed by atoms with Crippen LogP contribution in [0, 0.1) is 11.3 Å². The lowest BCUT2D eigenvalue weighted by Crippen LogP contribution is -2.43. The van der Waals surface area contributed by atoms with Crippen LogP contribution in [0.3, 0.4) is 0 Å². The van der Waals surface area contributed by atoms with E-state index in [0.717, 1.165) is 6.54 Å². The number of carbonyl (C=O) groups is 1. The topological polar surface area (TPSA) is 46.9 Å². The number of hydrogen-bond donors (Lipinski definition) is 1. The zero-order chi connectivity index (χ0) is 13.0. The minimum absolute atomic E-state index is 0.00631. The largest absolute Gasteiger partial charge is 0.355 e. The number of nitrogens with one attached hydrogen (secondary N) is 1. The maximum atomic E-state index is 12.0. The Morgan fingerprint density at radius 1 is 1.56 bits per heavy atom. The van der Waals surface area contributed by atoms with Crippen LogP contribution in [0.5, 0.6) is 0 Å². The Morgan fingerprint density at radius 3 is 2.83 bits per heavy atom. The lowest BCUT2D eigenvalue weighted by atomic mass is 9.67. The molecule has 0 aliphatic heterocycles. The molecule has 1 heterocycles. The molecule has 0 bridgehead atoms. The number of amides is 1. The van der Waals surface area contributed by atoms with Crippen molar-refractivity contribution in [2.45, 2.75) is 46.1 Å². The summed E-state index contributed by atoms with van der Waals surface area (Å²) in [4.78, 5) is 16.0. The molecule has 1 amide bonds. The Morgan fingerprint density at radius 2 is 2.33 bits per heavy atom. The lowest BCUT2D eigenvalue weighted by Gasteiger charge is -2.41. The van der Waals surface area contributed by atoms with Crippen molar-refractivity contribution in [1.29, 1.82) is 0 Å². The van der Waals surface area contributed by atoms with Gasteiger partial charge >= 0.3 is 0 Å². The Labute approximate surface area is 109 Å². The van der Waals surface area contributed by atoms with Gasteiger partial charge in [-0.25, -0.2) is 4.98 Å². The van der Waals surface area contributed by atoms with E-state index in [1.54, 1.807) is 12.5 Å². The number of hydrogen-bond acceptors (Lipinski definition) is 2. The molecule has 1 atom stereocenters. The van der Waals surface area contributed by atoms with Gasteiger partial charge in [0.05, 0.1) is 12.2 Å². The molecule has 1 fully saturated rings. The minimum atomic E-state index is -0.00631. The summed E-state index contributed by atoms with van der Waals surface area (Å²) in [6.45, 7) is 5.73. The second-order valence-electron chi connectivity index (χ2n) is 5.59. The van der Waals surface area contributed by atoms with Crippen LogP contribution in [0.1, 0.15) is 39.5 Å². The standard InChI is InChI=1S/C14H23N3O/c1-3-14(5-4-6-14)10-16-13(18)12(2)9-17-8-7-15-11-17/h7-8,11-12H,3-6,9-10H2,1-2H3,(H,16,18). The fourth-order valence-electron chi connectivity index (χ4n) is 2.57. The van der Waals surface area contributed by atoms with Gasteiger partial charge in [0.1, 0.15) is 0 Å². The van der Waals surface area contributed by atoms with Crippen LogP contribution >= 0.6 is 0 Å². The number of aromatic nitrogens is 2. The van der Waals surface area contributed by atoms with Crippen molar-refractivity contribution in [2.75, 3.05) is 6.54 Å². The summed E-state index contributed by atoms with van der Waals surface area (Å²) in [5, 5.41) is 3.12. The quantitative estimate of drug-likeness (QED) is 0.840. The van der Waals surface area contributed by atoms with Crippen molar-refractivity contribution in [1.82, 2.24) is 14.9 Å². The Bertz CT molecular complexity index is 376. The molecule has 1 unspecified atom stereocenters. The fraction of sp³-hybridized carbons (Fsp3) is 0.714. The third-order valence-electron chi connectivity index (χ3n) is 4.29. The molecule has 0 saturated heterocycles. The highest BCUT2D eigenvalue weighted by molar-refractivity contribution is 5.78. The van der Waals surface area contributed by atoms with E-state index in [1.165, 1.54) is 25.7 Å². The van der Waals surface area contributed by atoms with Gasteiger partial charge in [0.15, 0.2) is 0 Å². The van der Waals surface area contributed by atoms with Crippen LogP contribution in [0.4, 0.5) is 0 Å². The molecule has 1 N–H and O–H groups in total. The highest BCUT2D eigenvalue weighted by atomic mass is 16.1. The second kappa shape index (κ2) is 5.55. The molecule has 0 radical (unpaired) electrons. The van der Waals surface area contributed by atoms with Gasteiger partial charge < -0.3 is 9.88 Å². The Hall–Kier alpha value is -1.32. The molecule has 1 saturated carbocycles. The van der Waals surface area contributed by atoms with E-state index in [1.807, 2.05) is 17.7 Å². The van der Waals surface area contributed by atoms with Crippen LogP contribution in [0.15, 0.2) is 18.7 Å². The van der Waals surface area contributed by atoms with Gasteiger partial charge in [0, 0.05) is 25.5 Å². The van der Waals surface area contributed by atoms with E-state index in [9.17, 15) is 4.79 Å². The molecular weight excluding hydrogens is 226 g/mol. The zero-order valence-corrected chi connectivity index (χ0v) is 11.4. The zero-order valence-electron chi connectivity index (χ0n) is 11.4. The highest BCUT2D eigenvalue weighted by Gasteiger charge is 2.35. The van der Waals surface area contributed by atoms with Crippen molar-refractivity contribution in [3.63, 3.8) is 0 Å². The summed E-state index contributed by atoms with van der Waals surface area (Å²) in [6.07, 6.45) is 10.4. The van der Waals surface area contributed by atoms with Crippen molar-refractivity contribution >= 4 is 5.91 Å². The van der Waals surface area contributed by atoms with E-state index in [0.29, 0.717) is 12.0 Å². The number of nitrogens with zero attached hydrogens (tertiary/aromatic N) is 2. The molecule has 0 spiro atoms. The number of rotatable bonds is 6. The van der Waals surface area contributed by atoms with Gasteiger partial charge in [-0.3, -0.25) is 4.79 Å². The van der Waals surface area contributed by atoms with Crippen molar-refractivity contribution in [3.05, 3.63) is 18.7 Å². The van der Waals surface area contributed by atoms with Crippen LogP contribution < -0.4 is 5.32 Å². The van der Waals surface area contributed by atoms with Crippen LogP contribution in [0.2, 0.25) is 0 Å². The van der Waals surface area contributed by atoms with Gasteiger partial charge in [-0.2, -0.15) is 0 Å². The van der Waals surface area contributed by atoms with E-state index >= 15 is 0 Å². The Kier molecular flexibility index (Phi) is 4.04. The summed E-state index contributed by atoms with van der Waals surface area (Å²) in [5.74, 6) is 0.150. The molecule has 4 heteroatoms. The molecule has 2 rings (SSSR count). The van der Waals surface area contributed by atoms with Crippen molar-refractivity contribution in [2.24, 2.45) is 11.3 Å². The van der Waals surface area contributed by atoms with Crippen molar-refractivity contribution in [3.8, 4) is 0 Å². The monoisotopic (exact) mass is 249 g/mol. The molecule has 1 aliphatic rings. The first-order chi connectivity index (χ1) is 8.65. The average molecular weight is 249 g/mol. The molecule has 18 heavy (non-hydrogen) atoms. The highest BCUT2D eigenvalue weighted by Crippen LogP contribution is 2.43. The molecule has 1 aromatic heterocycles. The Balaban J connectivity index is 1.77. The first-order valence-electron chi connectivity index (χ1n) is 6.89. The maximum Gasteiger partial charge on any atom is 0.224 e. The lowest BCUT2D eigenvalue weighted by molar-refractivity contribution is -0.125. The van der Waals surface area contributed by atoms with Gasteiger partial charge in [-0.1, -0.05) is 20.3 Å². The van der Waals surface area contributed by atoms with E-state index < -0.39 is 0 Å². The molecule has 0 aromatic carbocycles. The number of carbonyl (C=O) groups excluding carboxylic acids is 1. The summed E-state index contributed by atoms with van der Waals surface area (Å²) >= 11 is 0. The predicted octanol–water partition coefficient (Wildman–Crippen LogP) is 2.22. The van der Waals surface area contributed by atoms with E-state index in [-0.39, 0.29) is 11.8 Å². The third kappa shape index (κ3) is 2.92. The SMILES string of the molecule is CCC1(CNC(=O)C(C)Cn2ccnc2)CCC1. The van der Waals surface area contributed by atoms with Gasteiger partial charge in [-0.15, -0.1) is 0 Å². The minimum Gasteiger partial charge on any atom is -0.355 e. The van der Waals surface area contributed by atoms with Gasteiger partial charge in [0.2, 0.25) is 5.91 Å². The first kappa shape index (κ1) is 13.1. The van der Waals surface area contributed by atoms with Crippen LogP contribution in [-0.2, 0) is 11.3 Å². The van der Waals surface area contributed by atoms with Gasteiger partial charge in [-0.05, 0) is 24.7 Å². The molecule has 1 aromatic rings. The third-order valence-corrected chi connectivity index (χ3v) is 4.29. The summed E-state index contributed by atoms with van der Waals surface area (Å²) in [5.41, 5.74) is 0.393. The van der Waals surface area contributed by atoms with Crippen LogP contribution in [-0.4, -0.2) is 22.0 Å². The molecular formula is C14H23N3O. The normalized spacial score (nSPS) is 19.0. The second-order valence-corrected chi connectivity index (χ2v) is 5.59. The fourth-order valence-corrected chi connectivity index (χ4v) is 2.57. The smallest absolute Gasteiger partial charge is 0.224 e. The predicted molar refractivity (Wildman–Crippen MR) is 71.0 cm³/mol. The van der Waals surface area contributed by atoms with Crippen LogP contribution in [0.25, 0.3) is 0 Å². The number of imidazole rings is 1. The van der Waals surface area contributed by atoms with Crippen molar-refractivity contribution < 1.29 is 4.79 Å². The first-order valence-corrected chi connectivity index (χ1v) is 6.89. The van der Waals surface area contributed by atoms with E-state index in [2.05, 4.69) is 17.2 Å². The van der Waals surface area contributed by atoms with E-state index in [4.69, 9.17) is 0 Å². The van der Waals surface area contributed by atoms with Gasteiger partial charge in [0.25, 0.3) is 0 Å². The summed E-state index contributed by atoms with van der Waals surface area (Å²) < 4.78 is 1.95. The molecule has 4 nitrogen and oxygen atoms in total. The summed E-state index contributed by atoms with van der Waals surface area (Å²) in [6, 6.07) is 0. The summed E-state index contributed by atoms with van der Waals surface area (Å²) in [7, 11) is 0. The molecule has 1 aliphatic carbocycles.